The molecular weight excluding hydrogens is 530 g/mol. The van der Waals surface area contributed by atoms with Crippen LogP contribution in [-0.2, 0) is 10.4 Å². The molecule has 11 nitrogen and oxygen atoms in total. The second kappa shape index (κ2) is 11.2. The van der Waals surface area contributed by atoms with Gasteiger partial charge in [-0.2, -0.15) is 0 Å². The minimum absolute atomic E-state index is 0.275. The highest BCUT2D eigenvalue weighted by Gasteiger charge is 2.33. The Balaban J connectivity index is 1.78. The summed E-state index contributed by atoms with van der Waals surface area (Å²) in [6, 6.07) is 5.02. The summed E-state index contributed by atoms with van der Waals surface area (Å²) < 4.78 is 0.917. The van der Waals surface area contributed by atoms with Crippen molar-refractivity contribution in [3.05, 3.63) is 53.7 Å². The Labute approximate surface area is 235 Å². The van der Waals surface area contributed by atoms with Gasteiger partial charge in [0.1, 0.15) is 11.4 Å². The number of carboxylic acids is 1. The Bertz CT molecular complexity index is 1550. The number of nitrogens with zero attached hydrogens (tertiary/aromatic N) is 4. The Morgan fingerprint density at radius 3 is 2.60 bits per heavy atom. The molecule has 0 aliphatic carbocycles. The molecule has 0 saturated carbocycles. The van der Waals surface area contributed by atoms with E-state index in [0.717, 1.165) is 21.3 Å². The normalized spacial score (nSPS) is 17.5. The zero-order valence-corrected chi connectivity index (χ0v) is 23.2. The van der Waals surface area contributed by atoms with E-state index in [1.165, 1.54) is 11.3 Å². The number of aliphatic carboxylic acids is 1. The lowest BCUT2D eigenvalue weighted by molar-refractivity contribution is -0.143. The van der Waals surface area contributed by atoms with Gasteiger partial charge in [-0.1, -0.05) is 12.1 Å². The van der Waals surface area contributed by atoms with Crippen LogP contribution < -0.4 is 16.0 Å². The first-order chi connectivity index (χ1) is 19.2. The predicted octanol–water partition coefficient (Wildman–Crippen LogP) is 4.31. The Morgan fingerprint density at radius 2 is 1.90 bits per heavy atom. The van der Waals surface area contributed by atoms with Gasteiger partial charge in [-0.25, -0.2) is 24.7 Å². The Morgan fingerprint density at radius 1 is 1.12 bits per heavy atom. The maximum atomic E-state index is 12.7. The number of fused-ring (bicyclic) bond motifs is 1. The zero-order chi connectivity index (χ0) is 28.4. The number of anilines is 1. The summed E-state index contributed by atoms with van der Waals surface area (Å²) in [7, 11) is 0. The number of benzene rings is 1. The molecule has 1 fully saturated rings. The summed E-state index contributed by atoms with van der Waals surface area (Å²) in [4.78, 5) is 42.7. The number of nitrogens with one attached hydrogen (secondary N) is 3. The van der Waals surface area contributed by atoms with Crippen LogP contribution in [0.15, 0.2) is 42.3 Å². The number of thiazole rings is 1. The van der Waals surface area contributed by atoms with E-state index in [0.29, 0.717) is 48.4 Å². The number of piperidine rings is 1. The van der Waals surface area contributed by atoms with Crippen molar-refractivity contribution in [3.63, 3.8) is 0 Å². The average Bonchev–Trinajstić information content (AvgIpc) is 3.42. The molecule has 5 N–H and O–H groups in total. The number of amides is 2. The fourth-order valence-electron chi connectivity index (χ4n) is 5.02. The average molecular weight is 562 g/mol. The van der Waals surface area contributed by atoms with E-state index in [2.05, 4.69) is 35.9 Å². The second-order valence-corrected chi connectivity index (χ2v) is 11.1. The smallest absolute Gasteiger partial charge is 0.320 e. The van der Waals surface area contributed by atoms with E-state index in [1.54, 1.807) is 37.9 Å². The molecule has 0 radical (unpaired) electrons. The highest BCUT2D eigenvalue weighted by atomic mass is 32.1. The van der Waals surface area contributed by atoms with Gasteiger partial charge >= 0.3 is 12.0 Å². The van der Waals surface area contributed by atoms with Crippen LogP contribution >= 0.6 is 11.3 Å². The third-order valence-electron chi connectivity index (χ3n) is 6.93. The molecule has 12 heteroatoms. The van der Waals surface area contributed by atoms with Gasteiger partial charge in [0.2, 0.25) is 0 Å². The SMILES string of the molecule is CCNC(=O)Nc1ncc(-c2cnc(C(C)(C)O)nc2)c(C2CC(C(=O)O)CCN2)c1-c1cccc2ncsc12. The minimum Gasteiger partial charge on any atom is -0.481 e. The lowest BCUT2D eigenvalue weighted by Gasteiger charge is -2.32. The van der Waals surface area contributed by atoms with E-state index in [9.17, 15) is 19.8 Å². The third-order valence-corrected chi connectivity index (χ3v) is 7.80. The molecule has 40 heavy (non-hydrogen) atoms. The van der Waals surface area contributed by atoms with Crippen LogP contribution in [0.3, 0.4) is 0 Å². The molecule has 2 amide bonds. The number of aliphatic hydroxyl groups is 1. The number of carboxylic acid groups (broad SMARTS) is 1. The molecule has 3 aromatic heterocycles. The number of rotatable bonds is 7. The zero-order valence-electron chi connectivity index (χ0n) is 22.4. The number of carbonyl (C=O) groups excluding carboxylic acids is 1. The largest absolute Gasteiger partial charge is 0.481 e. The molecule has 0 spiro atoms. The van der Waals surface area contributed by atoms with Crippen molar-refractivity contribution < 1.29 is 19.8 Å². The molecule has 2 unspecified atom stereocenters. The Hall–Kier alpha value is -4.00. The van der Waals surface area contributed by atoms with Crippen LogP contribution in [0, 0.1) is 5.92 Å². The molecule has 1 saturated heterocycles. The van der Waals surface area contributed by atoms with Crippen LogP contribution in [-0.4, -0.2) is 55.2 Å². The summed E-state index contributed by atoms with van der Waals surface area (Å²) >= 11 is 1.48. The van der Waals surface area contributed by atoms with Crippen LogP contribution in [0.2, 0.25) is 0 Å². The first-order valence-corrected chi connectivity index (χ1v) is 14.0. The third kappa shape index (κ3) is 5.51. The van der Waals surface area contributed by atoms with Crippen molar-refractivity contribution in [1.29, 1.82) is 0 Å². The summed E-state index contributed by atoms with van der Waals surface area (Å²) in [5, 5.41) is 29.4. The maximum Gasteiger partial charge on any atom is 0.320 e. The molecule has 0 bridgehead atoms. The van der Waals surface area contributed by atoms with Gasteiger partial charge in [-0.3, -0.25) is 10.1 Å². The highest BCUT2D eigenvalue weighted by Crippen LogP contribution is 2.45. The number of hydrogen-bond donors (Lipinski definition) is 5. The lowest BCUT2D eigenvalue weighted by atomic mass is 9.82. The van der Waals surface area contributed by atoms with Crippen LogP contribution in [0.4, 0.5) is 10.6 Å². The highest BCUT2D eigenvalue weighted by molar-refractivity contribution is 7.17. The summed E-state index contributed by atoms with van der Waals surface area (Å²) in [5.41, 5.74) is 4.99. The molecular formula is C28H31N7O4S. The molecule has 1 aromatic carbocycles. The van der Waals surface area contributed by atoms with E-state index >= 15 is 0 Å². The summed E-state index contributed by atoms with van der Waals surface area (Å²) in [6.07, 6.45) is 5.78. The lowest BCUT2D eigenvalue weighted by Crippen LogP contribution is -2.36. The van der Waals surface area contributed by atoms with Crippen molar-refractivity contribution >= 4 is 39.4 Å². The fourth-order valence-corrected chi connectivity index (χ4v) is 5.84. The van der Waals surface area contributed by atoms with Gasteiger partial charge in [0.05, 0.1) is 21.6 Å². The predicted molar refractivity (Wildman–Crippen MR) is 153 cm³/mol. The van der Waals surface area contributed by atoms with E-state index < -0.39 is 23.5 Å². The van der Waals surface area contributed by atoms with Crippen molar-refractivity contribution in [1.82, 2.24) is 30.6 Å². The van der Waals surface area contributed by atoms with Crippen LogP contribution in [0.1, 0.15) is 51.0 Å². The van der Waals surface area contributed by atoms with E-state index in [-0.39, 0.29) is 11.9 Å². The molecule has 2 atom stereocenters. The van der Waals surface area contributed by atoms with E-state index in [1.807, 2.05) is 25.1 Å². The number of aromatic nitrogens is 4. The Kier molecular flexibility index (Phi) is 7.74. The van der Waals surface area contributed by atoms with Gasteiger partial charge in [0.25, 0.3) is 0 Å². The van der Waals surface area contributed by atoms with Gasteiger partial charge in [0, 0.05) is 53.4 Å². The van der Waals surface area contributed by atoms with Gasteiger partial charge < -0.3 is 20.8 Å². The summed E-state index contributed by atoms with van der Waals surface area (Å²) in [5.74, 6) is -0.754. The molecule has 4 heterocycles. The maximum absolute atomic E-state index is 12.7. The van der Waals surface area contributed by atoms with Gasteiger partial charge in [-0.05, 0) is 51.8 Å². The second-order valence-electron chi connectivity index (χ2n) is 10.2. The topological polar surface area (TPSA) is 162 Å². The number of pyridine rings is 1. The van der Waals surface area contributed by atoms with Crippen molar-refractivity contribution in [2.75, 3.05) is 18.4 Å². The molecule has 208 valence electrons. The molecule has 4 aromatic rings. The first-order valence-electron chi connectivity index (χ1n) is 13.1. The van der Waals surface area contributed by atoms with Crippen LogP contribution in [0.5, 0.6) is 0 Å². The van der Waals surface area contributed by atoms with E-state index in [4.69, 9.17) is 0 Å². The van der Waals surface area contributed by atoms with Gasteiger partial charge in [0.15, 0.2) is 5.82 Å². The van der Waals surface area contributed by atoms with Crippen molar-refractivity contribution in [2.24, 2.45) is 5.92 Å². The van der Waals surface area contributed by atoms with Crippen molar-refractivity contribution in [3.8, 4) is 22.3 Å². The standard InChI is InChI=1S/C28H31N7O4S/c1-4-29-27(38)35-24-22(17-6-5-7-19-23(17)40-14-34-19)21(20-10-15(25(36)37)8-9-30-20)18(13-31-24)16-11-32-26(33-12-16)28(2,3)39/h5-7,11-15,20,30,39H,4,8-10H2,1-3H3,(H,36,37)(H2,29,31,35,38). The number of urea groups is 1. The monoisotopic (exact) mass is 561 g/mol. The fraction of sp³-hybridized carbons (Fsp3) is 0.357. The molecule has 1 aliphatic rings. The number of carbonyl (C=O) groups is 2. The van der Waals surface area contributed by atoms with Gasteiger partial charge in [-0.15, -0.1) is 11.3 Å². The van der Waals surface area contributed by atoms with Crippen LogP contribution in [0.25, 0.3) is 32.5 Å². The quantitative estimate of drug-likeness (QED) is 0.221. The molecule has 5 rings (SSSR count). The number of hydrogen-bond acceptors (Lipinski definition) is 9. The molecule has 1 aliphatic heterocycles. The van der Waals surface area contributed by atoms with Crippen molar-refractivity contribution in [2.45, 2.75) is 45.3 Å². The minimum atomic E-state index is -1.22. The first kappa shape index (κ1) is 27.6. The summed E-state index contributed by atoms with van der Waals surface area (Å²) in [6.45, 7) is 6.01.